The van der Waals surface area contributed by atoms with E-state index in [4.69, 9.17) is 77.9 Å². The molecule has 37 heteroatoms. The summed E-state index contributed by atoms with van der Waals surface area (Å²) in [5.74, 6) is 0. The molecule has 0 spiro atoms. The lowest BCUT2D eigenvalue weighted by atomic mass is 9.95. The van der Waals surface area contributed by atoms with Gasteiger partial charge in [-0.2, -0.15) is 0 Å². The molecule has 87 heavy (non-hydrogen) atoms. The van der Waals surface area contributed by atoms with Crippen molar-refractivity contribution in [1.82, 2.24) is 0 Å². The fourth-order valence-electron chi connectivity index (χ4n) is 11.4. The third-order valence-electron chi connectivity index (χ3n) is 16.4. The fraction of sp³-hybridized carbons (Fsp3) is 0.860. The largest absolute Gasteiger partial charge is 0.394 e. The molecule has 498 valence electrons. The zero-order valence-corrected chi connectivity index (χ0v) is 46.3. The van der Waals surface area contributed by atoms with Crippen molar-refractivity contribution in [2.24, 2.45) is 4.99 Å². The summed E-state index contributed by atoms with van der Waals surface area (Å²) >= 11 is 6.07. The van der Waals surface area contributed by atoms with Gasteiger partial charge in [0.1, 0.15) is 171 Å². The van der Waals surface area contributed by atoms with E-state index in [9.17, 15) is 107 Å². The molecule has 0 aromatic heterocycles. The van der Waals surface area contributed by atoms with Crippen LogP contribution in [0.25, 0.3) is 0 Å². The molecule has 0 aliphatic carbocycles. The van der Waals surface area contributed by atoms with Crippen LogP contribution < -0.4 is 0 Å². The van der Waals surface area contributed by atoms with Gasteiger partial charge >= 0.3 is 0 Å². The topological polar surface area (TPSA) is 566 Å². The normalized spacial score (nSPS) is 50.8. The maximum atomic E-state index is 11.8. The maximum Gasteiger partial charge on any atom is 0.187 e. The maximum absolute atomic E-state index is 11.8. The summed E-state index contributed by atoms with van der Waals surface area (Å²) in [7, 11) is 0. The molecule has 14 bridgehead atoms. The summed E-state index contributed by atoms with van der Waals surface area (Å²) in [5.41, 5.74) is 0.393. The number of nitrogens with zero attached hydrogens (tertiary/aromatic N) is 1. The molecule has 22 rings (SSSR count). The number of hydrogen-bond donors (Lipinski definition) is 21. The van der Waals surface area contributed by atoms with Gasteiger partial charge in [0, 0.05) is 11.2 Å². The summed E-state index contributed by atoms with van der Waals surface area (Å²) in [6, 6.07) is 4.94. The average molecular weight is 1290 g/mol. The van der Waals surface area contributed by atoms with E-state index in [0.717, 1.165) is 6.21 Å². The first-order valence-corrected chi connectivity index (χ1v) is 28.1. The van der Waals surface area contributed by atoms with Gasteiger partial charge in [0.2, 0.25) is 0 Å². The second kappa shape index (κ2) is 29.8. The molecule has 0 unspecified atom stereocenters. The van der Waals surface area contributed by atoms with Crippen LogP contribution in [-0.4, -0.2) is 375 Å². The molecule has 21 aliphatic heterocycles. The van der Waals surface area contributed by atoms with Crippen LogP contribution in [0.15, 0.2) is 29.3 Å². The third-order valence-corrected chi connectivity index (χ3v) is 16.6. The molecule has 21 fully saturated rings. The van der Waals surface area contributed by atoms with Gasteiger partial charge in [-0.3, -0.25) is 4.99 Å². The SMILES string of the molecule is OC[C@H](N=C[C@H]1O[C@@H]2O[C@H]3[C@H](O)[C@@H](O)[C@@H](O[C@H]4[C@H](O)[C@@H](O)[C@@H](O[C@H]5[C@H](O)[C@@H](O)[C@@H](O[C@H]6[C@H](O)[C@@H](O)[C@@H](O[C@H]7[C@H](O)[C@@H](O)[C@@H](O[C@H]8[C@H](O)[C@@H](O)[C@@H](O[C@H]1[C@H](O)[C@H]2O)O[C@@H]8CO)O[C@@H]7CO)O[C@@H]6CO)O[C@@H]5CO)O[C@@H]4CO)O[C@@H]3CO)c1ccc(Cl)cc1. The number of halogens is 1. The fourth-order valence-corrected chi connectivity index (χ4v) is 11.6. The Morgan fingerprint density at radius 1 is 0.310 bits per heavy atom. The predicted molar refractivity (Wildman–Crippen MR) is 271 cm³/mol. The molecule has 0 amide bonds. The van der Waals surface area contributed by atoms with Gasteiger partial charge in [-0.15, -0.1) is 0 Å². The van der Waals surface area contributed by atoms with Crippen molar-refractivity contribution < 1.29 is 174 Å². The van der Waals surface area contributed by atoms with Gasteiger partial charge in [0.25, 0.3) is 0 Å². The van der Waals surface area contributed by atoms with E-state index in [1.807, 2.05) is 0 Å². The quantitative estimate of drug-likeness (QED) is 0.0967. The molecular formula is C50H76ClNO35. The second-order valence-electron chi connectivity index (χ2n) is 21.9. The minimum atomic E-state index is -2.26. The van der Waals surface area contributed by atoms with Crippen molar-refractivity contribution in [3.8, 4) is 0 Å². The first-order valence-electron chi connectivity index (χ1n) is 27.8. The highest BCUT2D eigenvalue weighted by Crippen LogP contribution is 2.39. The van der Waals surface area contributed by atoms with E-state index in [2.05, 4.69) is 4.99 Å². The standard InChI is InChI=1S/C50H76ClNO35/c51-14-3-1-13(2-4-14)15(6-53)52-5-16-37-23(60)30(67)44(74-16)82-38-17(7-54)76-46(32(69)25(38)62)84-40-19(9-56)78-48(34(71)27(40)64)86-42-21(11-58)80-50(36(73)29(42)66)87-43-22(12-59)79-49(35(72)28(43)65)85-41-20(10-57)77-47(33(70)26(41)63)83-39-18(8-55)75-45(81-37)31(68)24(39)61/h1-5,15-50,53-73H,6-12H2/t15-,16+,17+,18+,19+,20+,21+,22+,23+,24+,25+,26+,27+,28+,29+,30+,31+,32+,33+,34+,35+,36+,37+,38+,39+,40+,41+,42+,43+,44+,45+,46+,47+,48+,49+,50+/m0/s1. The lowest BCUT2D eigenvalue weighted by Gasteiger charge is -2.50. The molecule has 1 aromatic carbocycles. The summed E-state index contributed by atoms with van der Waals surface area (Å²) in [5, 5.41) is 234. The van der Waals surface area contributed by atoms with Crippen LogP contribution in [-0.2, 0) is 66.3 Å². The molecule has 21 heterocycles. The summed E-state index contributed by atoms with van der Waals surface area (Å²) in [6.07, 6.45) is -70.4. The Hall–Kier alpha value is -2.22. The average Bonchev–Trinajstić information content (AvgIpc) is 1.84. The Bertz CT molecular complexity index is 2310. The Morgan fingerprint density at radius 2 is 0.529 bits per heavy atom. The van der Waals surface area contributed by atoms with Crippen molar-refractivity contribution in [3.05, 3.63) is 34.9 Å². The van der Waals surface area contributed by atoms with Crippen molar-refractivity contribution in [1.29, 1.82) is 0 Å². The van der Waals surface area contributed by atoms with E-state index >= 15 is 0 Å². The number of hydrogen-bond acceptors (Lipinski definition) is 36. The van der Waals surface area contributed by atoms with Gasteiger partial charge in [-0.1, -0.05) is 23.7 Å². The van der Waals surface area contributed by atoms with Gasteiger partial charge in [0.05, 0.1) is 52.3 Å². The van der Waals surface area contributed by atoms with Crippen LogP contribution >= 0.6 is 11.6 Å². The summed E-state index contributed by atoms with van der Waals surface area (Å²) < 4.78 is 81.1. The van der Waals surface area contributed by atoms with E-state index in [-0.39, 0.29) is 0 Å². The van der Waals surface area contributed by atoms with Crippen molar-refractivity contribution in [2.75, 3.05) is 46.2 Å². The lowest BCUT2D eigenvalue weighted by molar-refractivity contribution is -0.396. The lowest BCUT2D eigenvalue weighted by Crippen LogP contribution is -2.68. The van der Waals surface area contributed by atoms with Gasteiger partial charge in [-0.05, 0) is 17.7 Å². The highest BCUT2D eigenvalue weighted by Gasteiger charge is 2.59. The smallest absolute Gasteiger partial charge is 0.187 e. The molecule has 21 aliphatic rings. The van der Waals surface area contributed by atoms with Crippen LogP contribution in [0.1, 0.15) is 11.6 Å². The number of rotatable bonds is 10. The number of benzene rings is 1. The number of ether oxygens (including phenoxy) is 14. The second-order valence-corrected chi connectivity index (χ2v) is 22.4. The predicted octanol–water partition coefficient (Wildman–Crippen LogP) is -12.8. The Balaban J connectivity index is 1.03. The van der Waals surface area contributed by atoms with Crippen LogP contribution in [0.5, 0.6) is 0 Å². The van der Waals surface area contributed by atoms with Crippen LogP contribution in [0.3, 0.4) is 0 Å². The first-order chi connectivity index (χ1) is 41.5. The highest BCUT2D eigenvalue weighted by molar-refractivity contribution is 6.30. The zero-order valence-electron chi connectivity index (χ0n) is 45.6. The third kappa shape index (κ3) is 14.2. The van der Waals surface area contributed by atoms with E-state index < -0.39 is 267 Å². The molecule has 36 atom stereocenters. The first kappa shape index (κ1) is 69.1. The Labute approximate surface area is 497 Å². The Kier molecular flexibility index (Phi) is 23.7. The zero-order chi connectivity index (χ0) is 63.0. The molecule has 1 aromatic rings. The summed E-state index contributed by atoms with van der Waals surface area (Å²) in [6.45, 7) is -7.04. The van der Waals surface area contributed by atoms with E-state index in [1.54, 1.807) is 0 Å². The molecular weight excluding hydrogens is 1210 g/mol. The van der Waals surface area contributed by atoms with Crippen molar-refractivity contribution >= 4 is 17.8 Å². The van der Waals surface area contributed by atoms with Crippen LogP contribution in [0, 0.1) is 0 Å². The molecule has 36 nitrogen and oxygen atoms in total. The Morgan fingerprint density at radius 3 is 0.759 bits per heavy atom. The van der Waals surface area contributed by atoms with Gasteiger partial charge in [0.15, 0.2) is 44.0 Å². The van der Waals surface area contributed by atoms with Crippen molar-refractivity contribution in [2.45, 2.75) is 221 Å². The minimum Gasteiger partial charge on any atom is -0.394 e. The minimum absolute atomic E-state index is 0.328. The number of aliphatic hydroxyl groups is 21. The van der Waals surface area contributed by atoms with E-state index in [1.165, 1.54) is 24.3 Å². The van der Waals surface area contributed by atoms with Crippen LogP contribution in [0.4, 0.5) is 0 Å². The number of aliphatic hydroxyl groups excluding tert-OH is 21. The van der Waals surface area contributed by atoms with Crippen molar-refractivity contribution in [3.63, 3.8) is 0 Å². The molecule has 21 N–H and O–H groups in total. The van der Waals surface area contributed by atoms with E-state index in [0.29, 0.717) is 10.6 Å². The molecule has 21 saturated heterocycles. The molecule has 0 saturated carbocycles. The molecule has 0 radical (unpaired) electrons. The summed E-state index contributed by atoms with van der Waals surface area (Å²) in [4.78, 5) is 4.37. The van der Waals surface area contributed by atoms with Gasteiger partial charge in [-0.25, -0.2) is 0 Å². The van der Waals surface area contributed by atoms with Crippen LogP contribution in [0.2, 0.25) is 5.02 Å². The highest BCUT2D eigenvalue weighted by atomic mass is 35.5. The number of aliphatic imine (C=N–C) groups is 1. The van der Waals surface area contributed by atoms with Gasteiger partial charge < -0.3 is 174 Å². The monoisotopic (exact) mass is 1290 g/mol.